The molecule has 0 aromatic carbocycles. The molecule has 1 saturated carbocycles. The first-order chi connectivity index (χ1) is 11.8. The maximum Gasteiger partial charge on any atom is 0.228 e. The summed E-state index contributed by atoms with van der Waals surface area (Å²) in [5.41, 5.74) is 1.15. The van der Waals surface area contributed by atoms with Gasteiger partial charge in [-0.05, 0) is 47.4 Å². The van der Waals surface area contributed by atoms with Crippen LogP contribution in [0, 0.1) is 0 Å². The SMILES string of the molecule is O=C(C[C@H](c1ccsc1)n1cccc1)Nc1nnc(C2CCC2)s1. The molecule has 3 heterocycles. The average molecular weight is 358 g/mol. The maximum atomic E-state index is 12.5. The second-order valence-corrected chi connectivity index (χ2v) is 7.82. The lowest BCUT2D eigenvalue weighted by atomic mass is 9.86. The molecule has 1 atom stereocenters. The molecular weight excluding hydrogens is 340 g/mol. The van der Waals surface area contributed by atoms with Gasteiger partial charge in [0.1, 0.15) is 5.01 Å². The van der Waals surface area contributed by atoms with Gasteiger partial charge in [0.25, 0.3) is 0 Å². The molecule has 0 spiro atoms. The van der Waals surface area contributed by atoms with E-state index in [0.717, 1.165) is 10.6 Å². The Morgan fingerprint density at radius 2 is 2.17 bits per heavy atom. The molecule has 1 N–H and O–H groups in total. The van der Waals surface area contributed by atoms with Crippen LogP contribution in [0.25, 0.3) is 0 Å². The number of rotatable bonds is 6. The van der Waals surface area contributed by atoms with E-state index < -0.39 is 0 Å². The smallest absolute Gasteiger partial charge is 0.228 e. The lowest BCUT2D eigenvalue weighted by Crippen LogP contribution is -2.19. The van der Waals surface area contributed by atoms with Crippen LogP contribution in [0.5, 0.6) is 0 Å². The summed E-state index contributed by atoms with van der Waals surface area (Å²) >= 11 is 3.15. The third-order valence-corrected chi connectivity index (χ3v) is 6.14. The van der Waals surface area contributed by atoms with Gasteiger partial charge in [0.15, 0.2) is 0 Å². The van der Waals surface area contributed by atoms with Gasteiger partial charge in [0.05, 0.1) is 12.5 Å². The number of nitrogens with one attached hydrogen (secondary N) is 1. The number of thiophene rings is 1. The lowest BCUT2D eigenvalue weighted by molar-refractivity contribution is -0.116. The number of nitrogens with zero attached hydrogens (tertiary/aromatic N) is 3. The van der Waals surface area contributed by atoms with Crippen LogP contribution in [0.15, 0.2) is 41.4 Å². The Balaban J connectivity index is 1.44. The van der Waals surface area contributed by atoms with Gasteiger partial charge in [0.2, 0.25) is 11.0 Å². The number of carbonyl (C=O) groups excluding carboxylic acids is 1. The van der Waals surface area contributed by atoms with Gasteiger partial charge in [-0.3, -0.25) is 4.79 Å². The van der Waals surface area contributed by atoms with Crippen LogP contribution in [0.2, 0.25) is 0 Å². The van der Waals surface area contributed by atoms with Gasteiger partial charge >= 0.3 is 0 Å². The molecule has 0 aliphatic heterocycles. The Hall–Kier alpha value is -1.99. The minimum absolute atomic E-state index is 0.00488. The van der Waals surface area contributed by atoms with Crippen LogP contribution in [0.4, 0.5) is 5.13 Å². The second-order valence-electron chi connectivity index (χ2n) is 6.03. The fourth-order valence-corrected chi connectivity index (χ4v) is 4.50. The predicted octanol–water partition coefficient (Wildman–Crippen LogP) is 4.29. The van der Waals surface area contributed by atoms with Crippen LogP contribution >= 0.6 is 22.7 Å². The summed E-state index contributed by atoms with van der Waals surface area (Å²) in [6.45, 7) is 0. The van der Waals surface area contributed by atoms with Crippen molar-refractivity contribution in [3.05, 3.63) is 51.9 Å². The predicted molar refractivity (Wildman–Crippen MR) is 96.6 cm³/mol. The van der Waals surface area contributed by atoms with Crippen molar-refractivity contribution in [1.29, 1.82) is 0 Å². The first kappa shape index (κ1) is 15.5. The van der Waals surface area contributed by atoms with E-state index in [9.17, 15) is 4.79 Å². The lowest BCUT2D eigenvalue weighted by Gasteiger charge is -2.21. The zero-order chi connectivity index (χ0) is 16.4. The summed E-state index contributed by atoms with van der Waals surface area (Å²) in [4.78, 5) is 12.5. The largest absolute Gasteiger partial charge is 0.346 e. The average Bonchev–Trinajstić information content (AvgIpc) is 3.26. The molecule has 0 saturated heterocycles. The van der Waals surface area contributed by atoms with Gasteiger partial charge in [-0.25, -0.2) is 0 Å². The summed E-state index contributed by atoms with van der Waals surface area (Å²) in [6.07, 6.45) is 8.02. The highest BCUT2D eigenvalue weighted by molar-refractivity contribution is 7.15. The fraction of sp³-hybridized carbons (Fsp3) is 0.353. The molecular formula is C17H18N4OS2. The minimum Gasteiger partial charge on any atom is -0.346 e. The number of aromatic nitrogens is 3. The van der Waals surface area contributed by atoms with Crippen LogP contribution in [0.1, 0.15) is 48.2 Å². The zero-order valence-corrected chi connectivity index (χ0v) is 14.7. The third-order valence-electron chi connectivity index (χ3n) is 4.44. The van der Waals surface area contributed by atoms with E-state index in [2.05, 4.69) is 31.5 Å². The number of hydrogen-bond donors (Lipinski definition) is 1. The highest BCUT2D eigenvalue weighted by atomic mass is 32.1. The van der Waals surface area contributed by atoms with E-state index in [0.29, 0.717) is 17.5 Å². The summed E-state index contributed by atoms with van der Waals surface area (Å²) in [6, 6.07) is 6.03. The Morgan fingerprint density at radius 3 is 2.83 bits per heavy atom. The van der Waals surface area contributed by atoms with E-state index >= 15 is 0 Å². The summed E-state index contributed by atoms with van der Waals surface area (Å²) in [7, 11) is 0. The molecule has 0 bridgehead atoms. The highest BCUT2D eigenvalue weighted by Gasteiger charge is 2.24. The topological polar surface area (TPSA) is 59.8 Å². The van der Waals surface area contributed by atoms with Crippen LogP contribution in [-0.2, 0) is 4.79 Å². The molecule has 1 fully saturated rings. The normalized spacial score (nSPS) is 15.8. The Labute approximate surface area is 148 Å². The number of hydrogen-bond acceptors (Lipinski definition) is 5. The number of amides is 1. The highest BCUT2D eigenvalue weighted by Crippen LogP contribution is 2.38. The number of carbonyl (C=O) groups is 1. The molecule has 124 valence electrons. The van der Waals surface area contributed by atoms with Crippen molar-refractivity contribution in [2.45, 2.75) is 37.6 Å². The number of anilines is 1. The van der Waals surface area contributed by atoms with Crippen LogP contribution in [0.3, 0.4) is 0 Å². The van der Waals surface area contributed by atoms with E-state index in [4.69, 9.17) is 0 Å². The van der Waals surface area contributed by atoms with E-state index in [1.165, 1.54) is 30.6 Å². The first-order valence-corrected chi connectivity index (χ1v) is 9.83. The standard InChI is InChI=1S/C17H18N4OS2/c22-15(18-17-20-19-16(24-17)12-4-3-5-12)10-14(13-6-9-23-11-13)21-7-1-2-8-21/h1-2,6-9,11-12,14H,3-5,10H2,(H,18,20,22)/t14-/m1/s1. The summed E-state index contributed by atoms with van der Waals surface area (Å²) in [5.74, 6) is 0.516. The molecule has 1 amide bonds. The van der Waals surface area contributed by atoms with Crippen molar-refractivity contribution < 1.29 is 4.79 Å². The van der Waals surface area contributed by atoms with Crippen molar-refractivity contribution in [2.75, 3.05) is 5.32 Å². The van der Waals surface area contributed by atoms with E-state index in [1.54, 1.807) is 11.3 Å². The Kier molecular flexibility index (Phi) is 4.44. The second kappa shape index (κ2) is 6.86. The minimum atomic E-state index is -0.0313. The van der Waals surface area contributed by atoms with E-state index in [-0.39, 0.29) is 11.9 Å². The van der Waals surface area contributed by atoms with Gasteiger partial charge in [-0.1, -0.05) is 17.8 Å². The molecule has 0 unspecified atom stereocenters. The Morgan fingerprint density at radius 1 is 1.33 bits per heavy atom. The molecule has 1 aliphatic carbocycles. The summed E-state index contributed by atoms with van der Waals surface area (Å²) in [5, 5.41) is 17.1. The first-order valence-electron chi connectivity index (χ1n) is 8.07. The summed E-state index contributed by atoms with van der Waals surface area (Å²) < 4.78 is 2.07. The molecule has 3 aromatic rings. The quantitative estimate of drug-likeness (QED) is 0.715. The fourth-order valence-electron chi connectivity index (χ4n) is 2.87. The van der Waals surface area contributed by atoms with Crippen molar-refractivity contribution in [2.24, 2.45) is 0 Å². The van der Waals surface area contributed by atoms with Gasteiger partial charge < -0.3 is 9.88 Å². The van der Waals surface area contributed by atoms with Gasteiger partial charge in [-0.15, -0.1) is 10.2 Å². The maximum absolute atomic E-state index is 12.5. The van der Waals surface area contributed by atoms with Crippen molar-refractivity contribution in [3.8, 4) is 0 Å². The van der Waals surface area contributed by atoms with Crippen LogP contribution < -0.4 is 5.32 Å². The zero-order valence-electron chi connectivity index (χ0n) is 13.1. The van der Waals surface area contributed by atoms with Gasteiger partial charge in [-0.2, -0.15) is 11.3 Å². The van der Waals surface area contributed by atoms with Crippen molar-refractivity contribution >= 4 is 33.7 Å². The molecule has 0 radical (unpaired) electrons. The van der Waals surface area contributed by atoms with Gasteiger partial charge in [0, 0.05) is 18.3 Å². The van der Waals surface area contributed by atoms with Crippen LogP contribution in [-0.4, -0.2) is 20.7 Å². The Bertz CT molecular complexity index is 756. The van der Waals surface area contributed by atoms with Crippen molar-refractivity contribution in [3.63, 3.8) is 0 Å². The monoisotopic (exact) mass is 358 g/mol. The molecule has 24 heavy (non-hydrogen) atoms. The molecule has 4 rings (SSSR count). The molecule has 3 aromatic heterocycles. The molecule has 7 heteroatoms. The third kappa shape index (κ3) is 3.27. The van der Waals surface area contributed by atoms with E-state index in [1.807, 2.05) is 29.9 Å². The molecule has 1 aliphatic rings. The molecule has 5 nitrogen and oxygen atoms in total. The van der Waals surface area contributed by atoms with Crippen molar-refractivity contribution in [1.82, 2.24) is 14.8 Å².